The van der Waals surface area contributed by atoms with Crippen LogP contribution in [0.15, 0.2) is 12.4 Å². The molecule has 2 aliphatic carbocycles. The van der Waals surface area contributed by atoms with Crippen molar-refractivity contribution in [1.82, 2.24) is 19.7 Å². The van der Waals surface area contributed by atoms with Gasteiger partial charge in [-0.05, 0) is 6.92 Å². The number of nitrogens with one attached hydrogen (secondary N) is 1. The quantitative estimate of drug-likeness (QED) is 0.716. The molecule has 4 rings (SSSR count). The molecule has 2 aromatic heterocycles. The van der Waals surface area contributed by atoms with Gasteiger partial charge in [0.1, 0.15) is 5.02 Å². The van der Waals surface area contributed by atoms with Crippen LogP contribution < -0.4 is 10.1 Å². The third-order valence-electron chi connectivity index (χ3n) is 5.15. The Balaban J connectivity index is 1.40. The molecule has 0 atom stereocenters. The van der Waals surface area contributed by atoms with Crippen molar-refractivity contribution in [2.24, 2.45) is 5.92 Å². The zero-order valence-electron chi connectivity index (χ0n) is 15.2. The second-order valence-corrected chi connectivity index (χ2v) is 7.84. The topological polar surface area (TPSA) is 69.2 Å². The van der Waals surface area contributed by atoms with E-state index in [-0.39, 0.29) is 54.3 Å². The summed E-state index contributed by atoms with van der Waals surface area (Å²) in [5.41, 5.74) is 1.53. The maximum atomic E-state index is 12.9. The zero-order valence-corrected chi connectivity index (χ0v) is 16.0. The van der Waals surface area contributed by atoms with E-state index in [1.807, 2.05) is 17.8 Å². The molecule has 0 bridgehead atoms. The molecule has 0 aromatic carbocycles. The molecule has 10 heteroatoms. The summed E-state index contributed by atoms with van der Waals surface area (Å²) in [7, 11) is 0. The number of rotatable bonds is 6. The Morgan fingerprint density at radius 3 is 2.86 bits per heavy atom. The highest BCUT2D eigenvalue weighted by Crippen LogP contribution is 2.42. The Bertz CT molecular complexity index is 913. The highest BCUT2D eigenvalue weighted by atomic mass is 35.5. The molecule has 2 fully saturated rings. The molecule has 0 aliphatic heterocycles. The monoisotopic (exact) mass is 408 g/mol. The first-order valence-corrected chi connectivity index (χ1v) is 9.43. The van der Waals surface area contributed by atoms with Crippen LogP contribution in [0.2, 0.25) is 5.02 Å². The molecule has 0 amide bonds. The lowest BCUT2D eigenvalue weighted by molar-refractivity contribution is -0.119. The van der Waals surface area contributed by atoms with Crippen molar-refractivity contribution >= 4 is 23.2 Å². The van der Waals surface area contributed by atoms with Crippen LogP contribution in [0.5, 0.6) is 5.88 Å². The average molecular weight is 409 g/mol. The van der Waals surface area contributed by atoms with Gasteiger partial charge in [-0.1, -0.05) is 11.6 Å². The summed E-state index contributed by atoms with van der Waals surface area (Å²) in [6.45, 7) is 9.06. The first kappa shape index (κ1) is 18.9. The number of aromatic nitrogens is 4. The molecule has 148 valence electrons. The Morgan fingerprint density at radius 2 is 2.18 bits per heavy atom. The maximum absolute atomic E-state index is 12.9. The maximum Gasteiger partial charge on any atom is 0.248 e. The Kier molecular flexibility index (Phi) is 4.83. The SMILES string of the molecule is [C-]#[N+]C1CC(n2cc(Nc3ncc(Cl)c(OCC4CC(F)(F)C4)n3)c(C)n2)C1. The van der Waals surface area contributed by atoms with Crippen LogP contribution >= 0.6 is 11.6 Å². The molecule has 2 saturated carbocycles. The molecule has 2 heterocycles. The van der Waals surface area contributed by atoms with E-state index < -0.39 is 5.92 Å². The van der Waals surface area contributed by atoms with Crippen molar-refractivity contribution in [3.8, 4) is 5.88 Å². The van der Waals surface area contributed by atoms with Gasteiger partial charge in [0.2, 0.25) is 23.8 Å². The van der Waals surface area contributed by atoms with Crippen LogP contribution in [0.4, 0.5) is 20.4 Å². The van der Waals surface area contributed by atoms with Crippen LogP contribution in [-0.4, -0.2) is 38.3 Å². The summed E-state index contributed by atoms with van der Waals surface area (Å²) in [6.07, 6.45) is 4.55. The predicted molar refractivity (Wildman–Crippen MR) is 99.1 cm³/mol. The van der Waals surface area contributed by atoms with E-state index in [0.29, 0.717) is 0 Å². The van der Waals surface area contributed by atoms with E-state index in [9.17, 15) is 8.78 Å². The number of halogens is 3. The highest BCUT2D eigenvalue weighted by Gasteiger charge is 2.45. The van der Waals surface area contributed by atoms with E-state index in [2.05, 4.69) is 25.2 Å². The van der Waals surface area contributed by atoms with E-state index >= 15 is 0 Å². The lowest BCUT2D eigenvalue weighted by Crippen LogP contribution is -2.38. The number of aryl methyl sites for hydroxylation is 1. The van der Waals surface area contributed by atoms with Crippen molar-refractivity contribution in [2.45, 2.75) is 50.6 Å². The molecule has 0 spiro atoms. The Morgan fingerprint density at radius 1 is 1.43 bits per heavy atom. The van der Waals surface area contributed by atoms with Gasteiger partial charge in [-0.15, -0.1) is 0 Å². The molecule has 0 radical (unpaired) electrons. The van der Waals surface area contributed by atoms with Gasteiger partial charge in [0.05, 0.1) is 30.2 Å². The predicted octanol–water partition coefficient (Wildman–Crippen LogP) is 4.43. The fraction of sp³-hybridized carbons (Fsp3) is 0.556. The molecule has 28 heavy (non-hydrogen) atoms. The van der Waals surface area contributed by atoms with Crippen molar-refractivity contribution in [2.75, 3.05) is 11.9 Å². The first-order valence-electron chi connectivity index (χ1n) is 9.05. The van der Waals surface area contributed by atoms with Crippen molar-refractivity contribution in [3.63, 3.8) is 0 Å². The van der Waals surface area contributed by atoms with Crippen LogP contribution in [0, 0.1) is 19.4 Å². The molecule has 0 saturated heterocycles. The van der Waals surface area contributed by atoms with E-state index in [1.165, 1.54) is 6.20 Å². The van der Waals surface area contributed by atoms with Crippen LogP contribution in [0.3, 0.4) is 0 Å². The Labute approximate surface area is 165 Å². The van der Waals surface area contributed by atoms with Crippen LogP contribution in [0.1, 0.15) is 37.4 Å². The number of alkyl halides is 2. The third kappa shape index (κ3) is 3.87. The largest absolute Gasteiger partial charge is 0.476 e. The van der Waals surface area contributed by atoms with Gasteiger partial charge in [0, 0.05) is 37.8 Å². The summed E-state index contributed by atoms with van der Waals surface area (Å²) >= 11 is 6.06. The second-order valence-electron chi connectivity index (χ2n) is 7.43. The van der Waals surface area contributed by atoms with Gasteiger partial charge in [-0.2, -0.15) is 10.1 Å². The van der Waals surface area contributed by atoms with Crippen molar-refractivity contribution in [1.29, 1.82) is 0 Å². The lowest BCUT2D eigenvalue weighted by Gasteiger charge is -2.34. The smallest absolute Gasteiger partial charge is 0.248 e. The number of hydrogen-bond donors (Lipinski definition) is 1. The molecule has 0 unspecified atom stereocenters. The minimum atomic E-state index is -2.58. The second kappa shape index (κ2) is 7.17. The molecule has 2 aliphatic rings. The first-order chi connectivity index (χ1) is 13.3. The number of hydrogen-bond acceptors (Lipinski definition) is 5. The molecule has 1 N–H and O–H groups in total. The molecular formula is C18H19ClF2N6O. The molecular weight excluding hydrogens is 390 g/mol. The van der Waals surface area contributed by atoms with Gasteiger partial charge < -0.3 is 14.9 Å². The van der Waals surface area contributed by atoms with E-state index in [0.717, 1.165) is 24.2 Å². The van der Waals surface area contributed by atoms with Crippen molar-refractivity contribution < 1.29 is 13.5 Å². The number of nitrogens with zero attached hydrogens (tertiary/aromatic N) is 5. The zero-order chi connectivity index (χ0) is 19.9. The van der Waals surface area contributed by atoms with Gasteiger partial charge >= 0.3 is 0 Å². The standard InChI is InChI=1S/C18H19ClF2N6O/c1-10-15(8-27(26-10)13-3-12(4-13)22-2)24-17-23-7-14(19)16(25-17)28-9-11-5-18(20,21)6-11/h7-8,11-13H,3-6,9H2,1H3,(H,23,24,25). The van der Waals surface area contributed by atoms with Crippen molar-refractivity contribution in [3.05, 3.63) is 34.5 Å². The molecule has 7 nitrogen and oxygen atoms in total. The van der Waals surface area contributed by atoms with Gasteiger partial charge in [0.25, 0.3) is 0 Å². The Hall–Kier alpha value is -2.47. The number of anilines is 2. The van der Waals surface area contributed by atoms with E-state index in [4.69, 9.17) is 22.9 Å². The fourth-order valence-corrected chi connectivity index (χ4v) is 3.55. The summed E-state index contributed by atoms with van der Waals surface area (Å²) in [5, 5.41) is 7.81. The van der Waals surface area contributed by atoms with Gasteiger partial charge in [0.15, 0.2) is 0 Å². The minimum absolute atomic E-state index is 0.0841. The van der Waals surface area contributed by atoms with Crippen LogP contribution in [0.25, 0.3) is 4.85 Å². The average Bonchev–Trinajstić information content (AvgIpc) is 2.92. The lowest BCUT2D eigenvalue weighted by atomic mass is 9.82. The third-order valence-corrected chi connectivity index (χ3v) is 5.41. The fourth-order valence-electron chi connectivity index (χ4n) is 3.40. The summed E-state index contributed by atoms with van der Waals surface area (Å²) in [6, 6.07) is 0.319. The normalized spacial score (nSPS) is 23.4. The van der Waals surface area contributed by atoms with Crippen LogP contribution in [-0.2, 0) is 0 Å². The van der Waals surface area contributed by atoms with Gasteiger partial charge in [-0.25, -0.2) is 20.3 Å². The summed E-state index contributed by atoms with van der Waals surface area (Å²) in [4.78, 5) is 11.9. The number of ether oxygens (including phenoxy) is 1. The highest BCUT2D eigenvalue weighted by molar-refractivity contribution is 6.31. The minimum Gasteiger partial charge on any atom is -0.476 e. The summed E-state index contributed by atoms with van der Waals surface area (Å²) < 4.78 is 33.3. The van der Waals surface area contributed by atoms with E-state index in [1.54, 1.807) is 0 Å². The van der Waals surface area contributed by atoms with Gasteiger partial charge in [-0.3, -0.25) is 4.68 Å². The molecule has 2 aromatic rings. The summed E-state index contributed by atoms with van der Waals surface area (Å²) in [5.74, 6) is -2.32.